The molecule has 0 aliphatic heterocycles. The number of alkyl halides is 3. The number of halogens is 5. The Hall–Kier alpha value is -3.08. The first-order valence-electron chi connectivity index (χ1n) is 9.18. The summed E-state index contributed by atoms with van der Waals surface area (Å²) in [6.45, 7) is 5.53. The second-order valence-corrected chi connectivity index (χ2v) is 8.35. The van der Waals surface area contributed by atoms with Crippen LogP contribution in [0.3, 0.4) is 0 Å². The number of hydrogen-bond acceptors (Lipinski definition) is 5. The fourth-order valence-corrected chi connectivity index (χ4v) is 2.99. The van der Waals surface area contributed by atoms with Gasteiger partial charge in [-0.3, -0.25) is 9.36 Å². The molecule has 0 spiro atoms. The predicted octanol–water partition coefficient (Wildman–Crippen LogP) is 4.21. The number of oxazole rings is 1. The van der Waals surface area contributed by atoms with E-state index >= 15 is 0 Å². The van der Waals surface area contributed by atoms with Gasteiger partial charge in [-0.05, 0) is 6.07 Å². The summed E-state index contributed by atoms with van der Waals surface area (Å²) in [7, 11) is 0.822. The zero-order valence-corrected chi connectivity index (χ0v) is 18.1. The van der Waals surface area contributed by atoms with Gasteiger partial charge in [-0.15, -0.1) is 0 Å². The summed E-state index contributed by atoms with van der Waals surface area (Å²) < 4.78 is 65.2. The van der Waals surface area contributed by atoms with Crippen molar-refractivity contribution in [1.82, 2.24) is 14.1 Å². The van der Waals surface area contributed by atoms with Gasteiger partial charge in [0.1, 0.15) is 23.9 Å². The van der Waals surface area contributed by atoms with Crippen LogP contribution in [0.15, 0.2) is 38.4 Å². The molecule has 0 radical (unpaired) electrons. The zero-order chi connectivity index (χ0) is 24.0. The summed E-state index contributed by atoms with van der Waals surface area (Å²) in [5, 5.41) is -0.182. The summed E-state index contributed by atoms with van der Waals surface area (Å²) >= 11 is 6.00. The SMILES string of the molecule is Cn1c(C(F)(F)F)cc(=O)n(-c2cc(OCc3cnc(C(C)(C)C)o3)c(Cl)cc2F)c1=O. The monoisotopic (exact) mass is 475 g/mol. The van der Waals surface area contributed by atoms with Crippen molar-refractivity contribution in [2.45, 2.75) is 39.0 Å². The van der Waals surface area contributed by atoms with E-state index in [0.29, 0.717) is 11.7 Å². The van der Waals surface area contributed by atoms with E-state index in [1.807, 2.05) is 20.8 Å². The molecular weight excluding hydrogens is 458 g/mol. The van der Waals surface area contributed by atoms with Gasteiger partial charge >= 0.3 is 11.9 Å². The lowest BCUT2D eigenvalue weighted by atomic mass is 9.97. The number of ether oxygens (including phenoxy) is 1. The van der Waals surface area contributed by atoms with Crippen molar-refractivity contribution in [3.63, 3.8) is 0 Å². The van der Waals surface area contributed by atoms with Crippen LogP contribution in [0, 0.1) is 5.82 Å². The minimum absolute atomic E-state index is 0.120. The molecular formula is C20H18ClF4N3O4. The smallest absolute Gasteiger partial charge is 0.431 e. The van der Waals surface area contributed by atoms with Crippen LogP contribution in [-0.2, 0) is 25.2 Å². The van der Waals surface area contributed by atoms with E-state index in [2.05, 4.69) is 4.98 Å². The molecule has 0 amide bonds. The lowest BCUT2D eigenvalue weighted by Gasteiger charge is -2.15. The van der Waals surface area contributed by atoms with E-state index in [0.717, 1.165) is 19.2 Å². The molecule has 3 aromatic rings. The Morgan fingerprint density at radius 1 is 1.16 bits per heavy atom. The molecule has 2 aromatic heterocycles. The first-order valence-corrected chi connectivity index (χ1v) is 9.55. The maximum absolute atomic E-state index is 14.5. The largest absolute Gasteiger partial charge is 0.484 e. The third-order valence-electron chi connectivity index (χ3n) is 4.42. The van der Waals surface area contributed by atoms with Gasteiger partial charge in [-0.1, -0.05) is 32.4 Å². The van der Waals surface area contributed by atoms with Crippen molar-refractivity contribution in [2.75, 3.05) is 0 Å². The zero-order valence-electron chi connectivity index (χ0n) is 17.4. The van der Waals surface area contributed by atoms with Crippen molar-refractivity contribution in [2.24, 2.45) is 7.05 Å². The first kappa shape index (κ1) is 23.6. The first-order chi connectivity index (χ1) is 14.7. The van der Waals surface area contributed by atoms with Crippen LogP contribution in [0.1, 0.15) is 38.1 Å². The van der Waals surface area contributed by atoms with E-state index in [1.54, 1.807) is 0 Å². The van der Waals surface area contributed by atoms with Crippen LogP contribution in [-0.4, -0.2) is 14.1 Å². The second-order valence-electron chi connectivity index (χ2n) is 7.95. The van der Waals surface area contributed by atoms with Gasteiger partial charge in [0.2, 0.25) is 0 Å². The van der Waals surface area contributed by atoms with Crippen molar-refractivity contribution in [3.8, 4) is 11.4 Å². The predicted molar refractivity (Wildman–Crippen MR) is 107 cm³/mol. The van der Waals surface area contributed by atoms with Gasteiger partial charge in [0.15, 0.2) is 11.7 Å². The van der Waals surface area contributed by atoms with Gasteiger partial charge in [-0.2, -0.15) is 13.2 Å². The molecule has 0 saturated carbocycles. The molecule has 32 heavy (non-hydrogen) atoms. The highest BCUT2D eigenvalue weighted by molar-refractivity contribution is 6.32. The Labute approximate surface area is 183 Å². The van der Waals surface area contributed by atoms with Crippen LogP contribution >= 0.6 is 11.6 Å². The number of hydrogen-bond donors (Lipinski definition) is 0. The Kier molecular flexibility index (Phi) is 5.98. The van der Waals surface area contributed by atoms with Crippen molar-refractivity contribution in [1.29, 1.82) is 0 Å². The maximum Gasteiger partial charge on any atom is 0.431 e. The average Bonchev–Trinajstić information content (AvgIpc) is 3.14. The molecule has 2 heterocycles. The second kappa shape index (κ2) is 8.12. The van der Waals surface area contributed by atoms with Gasteiger partial charge in [-0.25, -0.2) is 18.7 Å². The van der Waals surface area contributed by atoms with Gasteiger partial charge in [0.25, 0.3) is 5.56 Å². The van der Waals surface area contributed by atoms with E-state index in [9.17, 15) is 27.2 Å². The Bertz CT molecular complexity index is 1290. The number of aromatic nitrogens is 3. The van der Waals surface area contributed by atoms with Crippen LogP contribution < -0.4 is 16.0 Å². The highest BCUT2D eigenvalue weighted by atomic mass is 35.5. The highest BCUT2D eigenvalue weighted by Crippen LogP contribution is 2.31. The van der Waals surface area contributed by atoms with Crippen LogP contribution in [0.4, 0.5) is 17.6 Å². The Balaban J connectivity index is 2.01. The maximum atomic E-state index is 14.5. The molecule has 7 nitrogen and oxygen atoms in total. The number of rotatable bonds is 4. The molecule has 0 N–H and O–H groups in total. The van der Waals surface area contributed by atoms with E-state index in [4.69, 9.17) is 20.8 Å². The summed E-state index contributed by atoms with van der Waals surface area (Å²) in [5.41, 5.74) is -5.17. The Morgan fingerprint density at radius 3 is 2.38 bits per heavy atom. The summed E-state index contributed by atoms with van der Waals surface area (Å²) in [4.78, 5) is 28.9. The molecule has 0 fully saturated rings. The third kappa shape index (κ3) is 4.57. The number of benzene rings is 1. The standard InChI is InChI=1S/C20H18ClF4N3O4/c1-19(2,3)17-26-8-10(32-17)9-31-14-6-13(12(22)5-11(14)21)28-16(29)7-15(20(23,24)25)27(4)18(28)30/h5-8H,9H2,1-4H3. The molecule has 0 atom stereocenters. The molecule has 172 valence electrons. The van der Waals surface area contributed by atoms with Gasteiger partial charge < -0.3 is 9.15 Å². The summed E-state index contributed by atoms with van der Waals surface area (Å²) in [6.07, 6.45) is -3.50. The minimum atomic E-state index is -4.94. The third-order valence-corrected chi connectivity index (χ3v) is 4.71. The topological polar surface area (TPSA) is 79.3 Å². The minimum Gasteiger partial charge on any atom is -0.484 e. The fraction of sp³-hybridized carbons (Fsp3) is 0.350. The summed E-state index contributed by atoms with van der Waals surface area (Å²) in [6, 6.07) is 1.95. The molecule has 12 heteroatoms. The lowest BCUT2D eigenvalue weighted by Crippen LogP contribution is -2.41. The molecule has 0 bridgehead atoms. The highest BCUT2D eigenvalue weighted by Gasteiger charge is 2.35. The molecule has 3 rings (SSSR count). The van der Waals surface area contributed by atoms with E-state index < -0.39 is 34.6 Å². The van der Waals surface area contributed by atoms with Gasteiger partial charge in [0.05, 0.1) is 16.9 Å². The quantitative estimate of drug-likeness (QED) is 0.528. The Morgan fingerprint density at radius 2 is 1.81 bits per heavy atom. The molecule has 0 saturated heterocycles. The van der Waals surface area contributed by atoms with Crippen LogP contribution in [0.2, 0.25) is 5.02 Å². The summed E-state index contributed by atoms with van der Waals surface area (Å²) in [5.74, 6) is -0.428. The molecule has 1 aromatic carbocycles. The van der Waals surface area contributed by atoms with Crippen LogP contribution in [0.25, 0.3) is 5.69 Å². The van der Waals surface area contributed by atoms with Crippen molar-refractivity contribution < 1.29 is 26.7 Å². The lowest BCUT2D eigenvalue weighted by molar-refractivity contribution is -0.144. The molecule has 0 aliphatic rings. The van der Waals surface area contributed by atoms with Crippen molar-refractivity contribution >= 4 is 11.6 Å². The number of nitrogens with zero attached hydrogens (tertiary/aromatic N) is 3. The average molecular weight is 476 g/mol. The van der Waals surface area contributed by atoms with E-state index in [-0.39, 0.29) is 38.0 Å². The fourth-order valence-electron chi connectivity index (χ4n) is 2.79. The molecule has 0 unspecified atom stereocenters. The van der Waals surface area contributed by atoms with E-state index in [1.165, 1.54) is 6.20 Å². The van der Waals surface area contributed by atoms with Crippen LogP contribution in [0.5, 0.6) is 5.75 Å². The van der Waals surface area contributed by atoms with Gasteiger partial charge in [0, 0.05) is 24.6 Å². The van der Waals surface area contributed by atoms with Crippen molar-refractivity contribution in [3.05, 3.63) is 73.4 Å². The normalized spacial score (nSPS) is 12.3. The molecule has 0 aliphatic carbocycles.